The second-order valence-electron chi connectivity index (χ2n) is 7.39. The molecule has 6 nitrogen and oxygen atoms in total. The van der Waals surface area contributed by atoms with Gasteiger partial charge in [0.25, 0.3) is 11.8 Å². The monoisotopic (exact) mass is 457 g/mol. The number of nitrogens with one attached hydrogen (secondary N) is 2. The van der Waals surface area contributed by atoms with Gasteiger partial charge in [0.15, 0.2) is 0 Å². The molecule has 0 aliphatic carbocycles. The Hall–Kier alpha value is -2.32. The number of fused-ring (bicyclic) bond motifs is 1. The van der Waals surface area contributed by atoms with Gasteiger partial charge in [0.1, 0.15) is 0 Å². The summed E-state index contributed by atoms with van der Waals surface area (Å²) in [6, 6.07) is 12.7. The van der Waals surface area contributed by atoms with Crippen LogP contribution in [0, 0.1) is 0 Å². The van der Waals surface area contributed by atoms with Crippen LogP contribution in [0.5, 0.6) is 0 Å². The maximum absolute atomic E-state index is 12.5. The lowest BCUT2D eigenvalue weighted by atomic mass is 10.1. The number of rotatable bonds is 6. The standard InChI is InChI=1S/C23H24ClN3O3S/c24-18-4-1-3-16(13-18)14-21-23(29)26-19-15-17(5-6-20(19)31-21)22(28)25-7-2-8-27-9-11-30-12-10-27/h1,3-6,13-15H,2,7-12H2,(H,25,28)(H,26,29)/b21-14+. The number of carbonyl (C=O) groups excluding carboxylic acids is 2. The summed E-state index contributed by atoms with van der Waals surface area (Å²) in [6.45, 7) is 5.01. The zero-order valence-corrected chi connectivity index (χ0v) is 18.6. The van der Waals surface area contributed by atoms with Crippen LogP contribution >= 0.6 is 23.4 Å². The van der Waals surface area contributed by atoms with E-state index in [2.05, 4.69) is 15.5 Å². The lowest BCUT2D eigenvalue weighted by Gasteiger charge is -2.26. The molecule has 2 aliphatic heterocycles. The third kappa shape index (κ3) is 5.89. The third-order valence-corrected chi connectivity index (χ3v) is 6.45. The Balaban J connectivity index is 1.35. The molecule has 2 heterocycles. The normalized spacial score (nSPS) is 17.8. The fraction of sp³-hybridized carbons (Fsp3) is 0.304. The molecule has 2 aromatic rings. The average molecular weight is 458 g/mol. The van der Waals surface area contributed by atoms with Gasteiger partial charge < -0.3 is 15.4 Å². The molecule has 0 unspecified atom stereocenters. The van der Waals surface area contributed by atoms with Crippen LogP contribution in [0.2, 0.25) is 5.02 Å². The van der Waals surface area contributed by atoms with Crippen molar-refractivity contribution < 1.29 is 14.3 Å². The molecule has 0 saturated carbocycles. The lowest BCUT2D eigenvalue weighted by molar-refractivity contribution is -0.112. The van der Waals surface area contributed by atoms with Gasteiger partial charge in [-0.25, -0.2) is 0 Å². The lowest BCUT2D eigenvalue weighted by Crippen LogP contribution is -2.38. The minimum Gasteiger partial charge on any atom is -0.379 e. The van der Waals surface area contributed by atoms with Crippen molar-refractivity contribution in [2.75, 3.05) is 44.7 Å². The Morgan fingerprint density at radius 2 is 2.06 bits per heavy atom. The van der Waals surface area contributed by atoms with Crippen LogP contribution < -0.4 is 10.6 Å². The first-order chi connectivity index (χ1) is 15.1. The maximum atomic E-state index is 12.5. The maximum Gasteiger partial charge on any atom is 0.262 e. The van der Waals surface area contributed by atoms with Crippen LogP contribution in [-0.4, -0.2) is 56.1 Å². The zero-order valence-electron chi connectivity index (χ0n) is 17.0. The molecule has 0 atom stereocenters. The largest absolute Gasteiger partial charge is 0.379 e. The van der Waals surface area contributed by atoms with Gasteiger partial charge in [-0.3, -0.25) is 14.5 Å². The highest BCUT2D eigenvalue weighted by Crippen LogP contribution is 2.39. The van der Waals surface area contributed by atoms with Gasteiger partial charge in [0, 0.05) is 35.1 Å². The molecule has 8 heteroatoms. The molecular formula is C23H24ClN3O3S. The summed E-state index contributed by atoms with van der Waals surface area (Å²) < 4.78 is 5.34. The van der Waals surface area contributed by atoms with Crippen molar-refractivity contribution in [2.24, 2.45) is 0 Å². The number of morpholine rings is 1. The first-order valence-corrected chi connectivity index (χ1v) is 11.5. The van der Waals surface area contributed by atoms with Crippen molar-refractivity contribution in [1.82, 2.24) is 10.2 Å². The Kier molecular flexibility index (Phi) is 7.29. The van der Waals surface area contributed by atoms with Crippen LogP contribution in [0.25, 0.3) is 6.08 Å². The number of halogens is 1. The van der Waals surface area contributed by atoms with Crippen LogP contribution in [0.15, 0.2) is 52.3 Å². The van der Waals surface area contributed by atoms with E-state index in [9.17, 15) is 9.59 Å². The van der Waals surface area contributed by atoms with Crippen molar-refractivity contribution in [3.05, 3.63) is 63.5 Å². The molecule has 0 radical (unpaired) electrons. The molecule has 31 heavy (non-hydrogen) atoms. The van der Waals surface area contributed by atoms with Crippen molar-refractivity contribution >= 4 is 46.9 Å². The Bertz CT molecular complexity index is 1010. The molecule has 2 aromatic carbocycles. The van der Waals surface area contributed by atoms with E-state index in [0.717, 1.165) is 49.7 Å². The Morgan fingerprint density at radius 3 is 2.87 bits per heavy atom. The summed E-state index contributed by atoms with van der Waals surface area (Å²) in [6.07, 6.45) is 2.70. The molecule has 2 aliphatic rings. The SMILES string of the molecule is O=C1Nc2cc(C(=O)NCCCN3CCOCC3)ccc2S/C1=C/c1cccc(Cl)c1. The van der Waals surface area contributed by atoms with Crippen LogP contribution in [0.4, 0.5) is 5.69 Å². The van der Waals surface area contributed by atoms with Gasteiger partial charge >= 0.3 is 0 Å². The summed E-state index contributed by atoms with van der Waals surface area (Å²) in [5.74, 6) is -0.329. The minimum atomic E-state index is -0.194. The second kappa shape index (κ2) is 10.3. The number of thioether (sulfide) groups is 1. The fourth-order valence-electron chi connectivity index (χ4n) is 3.48. The molecule has 1 fully saturated rings. The number of benzene rings is 2. The molecule has 2 amide bonds. The van der Waals surface area contributed by atoms with Crippen LogP contribution in [-0.2, 0) is 9.53 Å². The van der Waals surface area contributed by atoms with Crippen LogP contribution in [0.1, 0.15) is 22.3 Å². The average Bonchev–Trinajstić information content (AvgIpc) is 2.77. The number of nitrogens with zero attached hydrogens (tertiary/aromatic N) is 1. The third-order valence-electron chi connectivity index (χ3n) is 5.12. The molecule has 4 rings (SSSR count). The topological polar surface area (TPSA) is 70.7 Å². The van der Waals surface area contributed by atoms with E-state index in [4.69, 9.17) is 16.3 Å². The predicted octanol–water partition coefficient (Wildman–Crippen LogP) is 3.88. The first-order valence-electron chi connectivity index (χ1n) is 10.3. The van der Waals surface area contributed by atoms with Gasteiger partial charge in [-0.1, -0.05) is 35.5 Å². The van der Waals surface area contributed by atoms with E-state index in [-0.39, 0.29) is 11.8 Å². The Morgan fingerprint density at radius 1 is 1.23 bits per heavy atom. The summed E-state index contributed by atoms with van der Waals surface area (Å²) in [5, 5.41) is 6.48. The summed E-state index contributed by atoms with van der Waals surface area (Å²) in [5.41, 5.74) is 2.05. The number of hydrogen-bond acceptors (Lipinski definition) is 5. The molecule has 1 saturated heterocycles. The zero-order chi connectivity index (χ0) is 21.6. The van der Waals surface area contributed by atoms with Crippen molar-refractivity contribution in [2.45, 2.75) is 11.3 Å². The highest BCUT2D eigenvalue weighted by molar-refractivity contribution is 8.04. The van der Waals surface area contributed by atoms with Gasteiger partial charge in [-0.05, 0) is 54.9 Å². The summed E-state index contributed by atoms with van der Waals surface area (Å²) in [4.78, 5) is 28.9. The van der Waals surface area contributed by atoms with E-state index in [1.165, 1.54) is 11.8 Å². The smallest absolute Gasteiger partial charge is 0.262 e. The summed E-state index contributed by atoms with van der Waals surface area (Å²) in [7, 11) is 0. The van der Waals surface area contributed by atoms with E-state index < -0.39 is 0 Å². The van der Waals surface area contributed by atoms with E-state index in [1.54, 1.807) is 18.2 Å². The van der Waals surface area contributed by atoms with Crippen molar-refractivity contribution in [3.63, 3.8) is 0 Å². The number of anilines is 1. The highest BCUT2D eigenvalue weighted by atomic mass is 35.5. The number of hydrogen-bond donors (Lipinski definition) is 2. The molecular weight excluding hydrogens is 434 g/mol. The van der Waals surface area contributed by atoms with Crippen LogP contribution in [0.3, 0.4) is 0 Å². The highest BCUT2D eigenvalue weighted by Gasteiger charge is 2.22. The number of ether oxygens (including phenoxy) is 1. The molecule has 0 aromatic heterocycles. The van der Waals surface area contributed by atoms with Crippen molar-refractivity contribution in [1.29, 1.82) is 0 Å². The van der Waals surface area contributed by atoms with Gasteiger partial charge in [0.05, 0.1) is 23.8 Å². The van der Waals surface area contributed by atoms with E-state index >= 15 is 0 Å². The number of carbonyl (C=O) groups is 2. The van der Waals surface area contributed by atoms with Gasteiger partial charge in [0.2, 0.25) is 0 Å². The van der Waals surface area contributed by atoms with Gasteiger partial charge in [-0.15, -0.1) is 0 Å². The fourth-order valence-corrected chi connectivity index (χ4v) is 4.61. The van der Waals surface area contributed by atoms with Crippen molar-refractivity contribution in [3.8, 4) is 0 Å². The molecule has 162 valence electrons. The minimum absolute atomic E-state index is 0.135. The Labute approximate surface area is 191 Å². The van der Waals surface area contributed by atoms with Gasteiger partial charge in [-0.2, -0.15) is 0 Å². The quantitative estimate of drug-likeness (QED) is 0.509. The first kappa shape index (κ1) is 21.9. The second-order valence-corrected chi connectivity index (χ2v) is 8.91. The molecule has 0 spiro atoms. The summed E-state index contributed by atoms with van der Waals surface area (Å²) >= 11 is 7.41. The van der Waals surface area contributed by atoms with E-state index in [1.807, 2.05) is 30.3 Å². The predicted molar refractivity (Wildman–Crippen MR) is 125 cm³/mol. The molecule has 0 bridgehead atoms. The molecule has 2 N–H and O–H groups in total. The number of amides is 2. The van der Waals surface area contributed by atoms with E-state index in [0.29, 0.717) is 27.7 Å².